The fourth-order valence-electron chi connectivity index (χ4n) is 1.28. The van der Waals surface area contributed by atoms with E-state index in [9.17, 15) is 9.59 Å². The molecule has 2 N–H and O–H groups in total. The van der Waals surface area contributed by atoms with Gasteiger partial charge >= 0.3 is 11.9 Å². The van der Waals surface area contributed by atoms with E-state index in [-0.39, 0.29) is 11.1 Å². The molecule has 1 aromatic carbocycles. The summed E-state index contributed by atoms with van der Waals surface area (Å²) in [7, 11) is 0. The summed E-state index contributed by atoms with van der Waals surface area (Å²) in [6.45, 7) is 5.32. The van der Waals surface area contributed by atoms with E-state index in [1.54, 1.807) is 0 Å². The molecule has 15 heavy (non-hydrogen) atoms. The van der Waals surface area contributed by atoms with Gasteiger partial charge in [0.2, 0.25) is 0 Å². The van der Waals surface area contributed by atoms with Gasteiger partial charge < -0.3 is 10.2 Å². The predicted octanol–water partition coefficient (Wildman–Crippen LogP) is 1.73. The molecule has 0 heterocycles. The highest BCUT2D eigenvalue weighted by molar-refractivity contribution is 5.94. The highest BCUT2D eigenvalue weighted by atomic mass is 16.4. The number of rotatable bonds is 4. The summed E-state index contributed by atoms with van der Waals surface area (Å²) in [6.07, 6.45) is 0.744. The van der Waals surface area contributed by atoms with Crippen molar-refractivity contribution in [3.8, 4) is 0 Å². The molecule has 4 nitrogen and oxygen atoms in total. The van der Waals surface area contributed by atoms with Crippen LogP contribution in [0.25, 0.3) is 0 Å². The zero-order valence-corrected chi connectivity index (χ0v) is 7.93. The van der Waals surface area contributed by atoms with Crippen molar-refractivity contribution in [1.82, 2.24) is 0 Å². The third-order valence-electron chi connectivity index (χ3n) is 2.00. The molecule has 0 saturated heterocycles. The van der Waals surface area contributed by atoms with Gasteiger partial charge in [-0.2, -0.15) is 0 Å². The van der Waals surface area contributed by atoms with Gasteiger partial charge in [-0.1, -0.05) is 6.07 Å². The van der Waals surface area contributed by atoms with Crippen molar-refractivity contribution in [2.24, 2.45) is 0 Å². The summed E-state index contributed by atoms with van der Waals surface area (Å²) < 4.78 is 0. The van der Waals surface area contributed by atoms with Crippen LogP contribution in [-0.2, 0) is 6.42 Å². The lowest BCUT2D eigenvalue weighted by atomic mass is 10.0. The van der Waals surface area contributed by atoms with Crippen LogP contribution in [-0.4, -0.2) is 22.2 Å². The molecule has 0 spiro atoms. The van der Waals surface area contributed by atoms with Gasteiger partial charge in [-0.3, -0.25) is 0 Å². The molecule has 0 aromatic heterocycles. The van der Waals surface area contributed by atoms with Crippen molar-refractivity contribution in [3.05, 3.63) is 41.8 Å². The summed E-state index contributed by atoms with van der Waals surface area (Å²) in [4.78, 5) is 21.5. The minimum absolute atomic E-state index is 0.000324. The maximum atomic E-state index is 10.8. The molecule has 1 aromatic rings. The van der Waals surface area contributed by atoms with Crippen LogP contribution >= 0.6 is 0 Å². The number of aryl methyl sites for hydroxylation is 1. The Morgan fingerprint density at radius 3 is 2.33 bits per heavy atom. The van der Waals surface area contributed by atoms with E-state index >= 15 is 0 Å². The molecule has 0 saturated carbocycles. The van der Waals surface area contributed by atoms with E-state index < -0.39 is 11.9 Å². The van der Waals surface area contributed by atoms with Crippen LogP contribution < -0.4 is 0 Å². The van der Waals surface area contributed by atoms with Gasteiger partial charge in [0, 0.05) is 0 Å². The number of carbonyl (C=O) groups is 2. The van der Waals surface area contributed by atoms with Gasteiger partial charge in [-0.05, 0) is 37.5 Å². The number of hydrogen-bond donors (Lipinski definition) is 2. The van der Waals surface area contributed by atoms with E-state index in [0.717, 1.165) is 6.07 Å². The summed E-state index contributed by atoms with van der Waals surface area (Å²) in [5.74, 6) is -2.28. The molecule has 0 aliphatic carbocycles. The first-order valence-electron chi connectivity index (χ1n) is 4.36. The Morgan fingerprint density at radius 2 is 1.87 bits per heavy atom. The van der Waals surface area contributed by atoms with Crippen molar-refractivity contribution >= 4 is 11.9 Å². The van der Waals surface area contributed by atoms with E-state index in [1.807, 2.05) is 0 Å². The first-order chi connectivity index (χ1) is 7.06. The molecule has 2 radical (unpaired) electrons. The van der Waals surface area contributed by atoms with E-state index in [2.05, 4.69) is 0 Å². The van der Waals surface area contributed by atoms with Gasteiger partial charge in [-0.15, -0.1) is 0 Å². The quantitative estimate of drug-likeness (QED) is 0.786. The van der Waals surface area contributed by atoms with Gasteiger partial charge in [0.05, 0.1) is 11.1 Å². The normalized spacial score (nSPS) is 9.93. The summed E-state index contributed by atoms with van der Waals surface area (Å²) >= 11 is 0. The Balaban J connectivity index is 3.20. The molecule has 1 rings (SSSR count). The average Bonchev–Trinajstić information content (AvgIpc) is 2.18. The lowest BCUT2D eigenvalue weighted by molar-refractivity contribution is 0.0695. The number of aromatic carboxylic acids is 2. The van der Waals surface area contributed by atoms with Gasteiger partial charge in [0.1, 0.15) is 0 Å². The van der Waals surface area contributed by atoms with E-state index in [1.165, 1.54) is 12.1 Å². The Morgan fingerprint density at radius 1 is 1.20 bits per heavy atom. The smallest absolute Gasteiger partial charge is 0.335 e. The fourth-order valence-corrected chi connectivity index (χ4v) is 1.28. The molecule has 78 valence electrons. The Labute approximate surface area is 87.2 Å². The second kappa shape index (κ2) is 4.59. The zero-order valence-electron chi connectivity index (χ0n) is 7.93. The van der Waals surface area contributed by atoms with Crippen LogP contribution in [0, 0.1) is 6.92 Å². The van der Waals surface area contributed by atoms with Gasteiger partial charge in [-0.25, -0.2) is 9.59 Å². The molecule has 0 unspecified atom stereocenters. The lowest BCUT2D eigenvalue weighted by Crippen LogP contribution is -2.06. The Kier molecular flexibility index (Phi) is 3.44. The first kappa shape index (κ1) is 11.2. The van der Waals surface area contributed by atoms with Crippen molar-refractivity contribution in [3.63, 3.8) is 0 Å². The second-order valence-electron chi connectivity index (χ2n) is 3.02. The maximum absolute atomic E-state index is 10.8. The third-order valence-corrected chi connectivity index (χ3v) is 2.00. The maximum Gasteiger partial charge on any atom is 0.335 e. The van der Waals surface area contributed by atoms with Crippen LogP contribution in [0.4, 0.5) is 0 Å². The van der Waals surface area contributed by atoms with Crippen molar-refractivity contribution in [1.29, 1.82) is 0 Å². The van der Waals surface area contributed by atoms with Crippen molar-refractivity contribution in [2.75, 3.05) is 0 Å². The molecular weight excluding hydrogens is 196 g/mol. The van der Waals surface area contributed by atoms with Gasteiger partial charge in [0.15, 0.2) is 0 Å². The largest absolute Gasteiger partial charge is 0.478 e. The molecule has 4 heteroatoms. The fraction of sp³-hybridized carbons (Fsp3) is 0.182. The van der Waals surface area contributed by atoms with E-state index in [0.29, 0.717) is 18.4 Å². The molecule has 0 bridgehead atoms. The third kappa shape index (κ3) is 2.56. The molecule has 0 aliphatic rings. The summed E-state index contributed by atoms with van der Waals surface area (Å²) in [6, 6.07) is 4.01. The van der Waals surface area contributed by atoms with Crippen LogP contribution in [0.5, 0.6) is 0 Å². The molecule has 0 atom stereocenters. The van der Waals surface area contributed by atoms with Crippen LogP contribution in [0.3, 0.4) is 0 Å². The highest BCUT2D eigenvalue weighted by Crippen LogP contribution is 2.14. The minimum Gasteiger partial charge on any atom is -0.478 e. The van der Waals surface area contributed by atoms with Crippen molar-refractivity contribution in [2.45, 2.75) is 12.8 Å². The standard InChI is InChI=1S/C11H10O4/c1-2-3-7-4-5-8(10(12)13)6-9(7)11(14)15/h1,4-6H,2-3H2,(H,12,13)(H,14,15). The lowest BCUT2D eigenvalue weighted by Gasteiger charge is -2.05. The monoisotopic (exact) mass is 206 g/mol. The van der Waals surface area contributed by atoms with Crippen LogP contribution in [0.15, 0.2) is 18.2 Å². The Hall–Kier alpha value is -1.84. The van der Waals surface area contributed by atoms with Gasteiger partial charge in [0.25, 0.3) is 0 Å². The van der Waals surface area contributed by atoms with Crippen LogP contribution in [0.1, 0.15) is 32.7 Å². The minimum atomic E-state index is -1.14. The number of benzene rings is 1. The summed E-state index contributed by atoms with van der Waals surface area (Å²) in [5, 5.41) is 17.6. The SMILES string of the molecule is [CH]CCc1ccc(C(=O)O)cc1C(=O)O. The first-order valence-corrected chi connectivity index (χ1v) is 4.36. The predicted molar refractivity (Wildman–Crippen MR) is 53.0 cm³/mol. The Bertz CT molecular complexity index is 396. The molecule has 0 fully saturated rings. The molecule has 0 amide bonds. The molecule has 0 aliphatic heterocycles. The average molecular weight is 206 g/mol. The second-order valence-corrected chi connectivity index (χ2v) is 3.02. The number of carboxylic acid groups (broad SMARTS) is 2. The number of carboxylic acids is 2. The number of hydrogen-bond acceptors (Lipinski definition) is 2. The van der Waals surface area contributed by atoms with Crippen molar-refractivity contribution < 1.29 is 19.8 Å². The summed E-state index contributed by atoms with van der Waals surface area (Å²) in [5.41, 5.74) is 0.517. The zero-order chi connectivity index (χ0) is 11.4. The van der Waals surface area contributed by atoms with E-state index in [4.69, 9.17) is 17.1 Å². The topological polar surface area (TPSA) is 74.6 Å². The highest BCUT2D eigenvalue weighted by Gasteiger charge is 2.12. The van der Waals surface area contributed by atoms with Crippen LogP contribution in [0.2, 0.25) is 0 Å². The molecular formula is C11H10O4.